The van der Waals surface area contributed by atoms with E-state index in [1.54, 1.807) is 0 Å². The van der Waals surface area contributed by atoms with Crippen LogP contribution in [-0.2, 0) is 0 Å². The van der Waals surface area contributed by atoms with Gasteiger partial charge in [-0.2, -0.15) is 0 Å². The van der Waals surface area contributed by atoms with E-state index in [1.807, 2.05) is 30.3 Å². The van der Waals surface area contributed by atoms with E-state index in [0.717, 1.165) is 122 Å². The van der Waals surface area contributed by atoms with E-state index in [2.05, 4.69) is 186 Å². The molecule has 12 aromatic rings. The maximum Gasteiger partial charge on any atom is 0.159 e. The minimum absolute atomic E-state index is 0.806. The Morgan fingerprint density at radius 2 is 0.836 bits per heavy atom. The second-order valence-electron chi connectivity index (χ2n) is 15.6. The maximum absolute atomic E-state index is 6.92. The average Bonchev–Trinajstić information content (AvgIpc) is 3.90. The molecule has 5 nitrogen and oxygen atoms in total. The molecule has 286 valence electrons. The van der Waals surface area contributed by atoms with Crippen LogP contribution in [0.15, 0.2) is 215 Å². The first kappa shape index (κ1) is 33.7. The van der Waals surface area contributed by atoms with Crippen LogP contribution in [0.1, 0.15) is 0 Å². The van der Waals surface area contributed by atoms with Crippen molar-refractivity contribution in [3.05, 3.63) is 206 Å². The number of furan rings is 2. The molecule has 0 saturated carbocycles. The molecule has 1 aliphatic rings. The van der Waals surface area contributed by atoms with E-state index >= 15 is 0 Å². The number of nitrogens with zero attached hydrogens (tertiary/aromatic N) is 2. The van der Waals surface area contributed by atoms with Gasteiger partial charge in [-0.1, -0.05) is 115 Å². The molecule has 0 aliphatic carbocycles. The summed E-state index contributed by atoms with van der Waals surface area (Å²) in [6, 6.07) is 72.3. The third-order valence-electron chi connectivity index (χ3n) is 12.2. The first-order valence-corrected chi connectivity index (χ1v) is 20.6. The molecule has 0 bridgehead atoms. The fourth-order valence-electron chi connectivity index (χ4n) is 9.50. The highest BCUT2D eigenvalue weighted by Gasteiger charge is 2.26. The Morgan fingerprint density at radius 1 is 0.311 bits per heavy atom. The summed E-state index contributed by atoms with van der Waals surface area (Å²) in [6.07, 6.45) is 0. The summed E-state index contributed by atoms with van der Waals surface area (Å²) in [6.45, 7) is 0. The van der Waals surface area contributed by atoms with Gasteiger partial charge in [-0.15, -0.1) is 0 Å². The monoisotopic (exact) mass is 782 g/mol. The Bertz CT molecular complexity index is 3700. The van der Waals surface area contributed by atoms with E-state index < -0.39 is 0 Å². The molecular formula is C56H34N2O3. The van der Waals surface area contributed by atoms with Gasteiger partial charge in [-0.05, 0) is 107 Å². The second kappa shape index (κ2) is 13.1. The van der Waals surface area contributed by atoms with Gasteiger partial charge in [0.05, 0.1) is 17.1 Å². The number of hydrogen-bond donors (Lipinski definition) is 0. The van der Waals surface area contributed by atoms with Gasteiger partial charge in [0.1, 0.15) is 22.7 Å². The standard InChI is InChI=1S/C56H34N2O3/c1-3-14-36(15-4-1)57(48-23-11-21-44-40-18-7-9-25-50(40)60-55(44)48)38-29-28-35-32-47-42-31-30-39(34-53(42)59-52-27-13-20-43(54(47)52)46(35)33-38)58(37-16-5-2-6-17-37)49-24-12-22-45-41-19-8-10-26-51(41)61-56(45)49/h1-34H. The molecule has 10 aromatic carbocycles. The number of anilines is 6. The Morgan fingerprint density at radius 3 is 1.48 bits per heavy atom. The number of para-hydroxylation sites is 6. The van der Waals surface area contributed by atoms with Gasteiger partial charge in [0.2, 0.25) is 0 Å². The van der Waals surface area contributed by atoms with Crippen LogP contribution in [-0.4, -0.2) is 0 Å². The van der Waals surface area contributed by atoms with Crippen LogP contribution < -0.4 is 14.5 Å². The Kier molecular flexibility index (Phi) is 7.24. The molecule has 5 heteroatoms. The SMILES string of the molecule is c1ccc(N(c2ccc3c(c2)Oc2cccc4c2c-3cc2ccc(N(c3ccccc3)c3cccc5c3oc3ccccc35)cc24)c2cccc3c2oc2ccccc23)cc1. The van der Waals surface area contributed by atoms with E-state index in [1.165, 1.54) is 0 Å². The molecule has 0 N–H and O–H groups in total. The van der Waals surface area contributed by atoms with Crippen molar-refractivity contribution in [3.63, 3.8) is 0 Å². The van der Waals surface area contributed by atoms with Crippen molar-refractivity contribution >= 4 is 99.5 Å². The molecule has 0 spiro atoms. The lowest BCUT2D eigenvalue weighted by Crippen LogP contribution is -2.11. The van der Waals surface area contributed by atoms with Crippen LogP contribution in [0.3, 0.4) is 0 Å². The largest absolute Gasteiger partial charge is 0.456 e. The van der Waals surface area contributed by atoms with Gasteiger partial charge in [-0.25, -0.2) is 0 Å². The van der Waals surface area contributed by atoms with Crippen molar-refractivity contribution < 1.29 is 13.6 Å². The zero-order chi connectivity index (χ0) is 40.0. The van der Waals surface area contributed by atoms with Crippen molar-refractivity contribution in [2.75, 3.05) is 9.80 Å². The lowest BCUT2D eigenvalue weighted by molar-refractivity contribution is 0.487. The Labute approximate surface area is 350 Å². The normalized spacial score (nSPS) is 12.1. The smallest absolute Gasteiger partial charge is 0.159 e. The molecule has 0 fully saturated rings. The van der Waals surface area contributed by atoms with E-state index in [-0.39, 0.29) is 0 Å². The summed E-state index contributed by atoms with van der Waals surface area (Å²) >= 11 is 0. The Balaban J connectivity index is 0.967. The van der Waals surface area contributed by atoms with Crippen LogP contribution in [0.2, 0.25) is 0 Å². The summed E-state index contributed by atoms with van der Waals surface area (Å²) < 4.78 is 20.1. The molecule has 2 aromatic heterocycles. The quantitative estimate of drug-likeness (QED) is 0.157. The van der Waals surface area contributed by atoms with E-state index in [4.69, 9.17) is 13.6 Å². The van der Waals surface area contributed by atoms with Crippen molar-refractivity contribution in [3.8, 4) is 22.6 Å². The third kappa shape index (κ3) is 5.14. The number of ether oxygens (including phenoxy) is 1. The molecule has 0 radical (unpaired) electrons. The number of hydrogen-bond acceptors (Lipinski definition) is 5. The average molecular weight is 783 g/mol. The van der Waals surface area contributed by atoms with Gasteiger partial charge in [0.25, 0.3) is 0 Å². The molecule has 61 heavy (non-hydrogen) atoms. The van der Waals surface area contributed by atoms with Crippen LogP contribution in [0, 0.1) is 0 Å². The zero-order valence-electron chi connectivity index (χ0n) is 32.7. The van der Waals surface area contributed by atoms with Gasteiger partial charge >= 0.3 is 0 Å². The van der Waals surface area contributed by atoms with Gasteiger partial charge in [-0.3, -0.25) is 0 Å². The lowest BCUT2D eigenvalue weighted by Gasteiger charge is -2.28. The van der Waals surface area contributed by atoms with Crippen LogP contribution in [0.4, 0.5) is 34.1 Å². The molecule has 1 aliphatic heterocycles. The predicted molar refractivity (Wildman–Crippen MR) is 251 cm³/mol. The predicted octanol–water partition coefficient (Wildman–Crippen LogP) is 16.5. The number of rotatable bonds is 6. The molecular weight excluding hydrogens is 749 g/mol. The molecule has 13 rings (SSSR count). The molecule has 0 unspecified atom stereocenters. The van der Waals surface area contributed by atoms with Crippen molar-refractivity contribution in [2.24, 2.45) is 0 Å². The fraction of sp³-hybridized carbons (Fsp3) is 0. The summed E-state index contributed by atoms with van der Waals surface area (Å²) in [5.41, 5.74) is 11.7. The van der Waals surface area contributed by atoms with Crippen LogP contribution >= 0.6 is 0 Å². The number of fused-ring (bicyclic) bond motifs is 10. The minimum atomic E-state index is 0.806. The molecule has 0 amide bonds. The summed E-state index contributed by atoms with van der Waals surface area (Å²) in [4.78, 5) is 4.56. The second-order valence-corrected chi connectivity index (χ2v) is 15.6. The topological polar surface area (TPSA) is 42.0 Å². The van der Waals surface area contributed by atoms with E-state index in [9.17, 15) is 0 Å². The molecule has 0 saturated heterocycles. The minimum Gasteiger partial charge on any atom is -0.456 e. The lowest BCUT2D eigenvalue weighted by atomic mass is 9.90. The highest BCUT2D eigenvalue weighted by Crippen LogP contribution is 2.52. The maximum atomic E-state index is 6.92. The highest BCUT2D eigenvalue weighted by molar-refractivity contribution is 6.19. The first-order chi connectivity index (χ1) is 30.2. The fourth-order valence-corrected chi connectivity index (χ4v) is 9.50. The summed E-state index contributed by atoms with van der Waals surface area (Å²) in [7, 11) is 0. The highest BCUT2D eigenvalue weighted by atomic mass is 16.5. The summed E-state index contributed by atoms with van der Waals surface area (Å²) in [5.74, 6) is 1.64. The van der Waals surface area contributed by atoms with Crippen LogP contribution in [0.25, 0.3) is 76.5 Å². The van der Waals surface area contributed by atoms with Gasteiger partial charge in [0.15, 0.2) is 11.2 Å². The molecule has 0 atom stereocenters. The number of benzene rings is 10. The van der Waals surface area contributed by atoms with Gasteiger partial charge in [0, 0.05) is 55.6 Å². The zero-order valence-corrected chi connectivity index (χ0v) is 32.7. The van der Waals surface area contributed by atoms with Crippen molar-refractivity contribution in [1.82, 2.24) is 0 Å². The first-order valence-electron chi connectivity index (χ1n) is 20.6. The summed E-state index contributed by atoms with van der Waals surface area (Å²) in [5, 5.41) is 8.92. The van der Waals surface area contributed by atoms with E-state index in [0.29, 0.717) is 0 Å². The molecule has 3 heterocycles. The van der Waals surface area contributed by atoms with Crippen molar-refractivity contribution in [2.45, 2.75) is 0 Å². The van der Waals surface area contributed by atoms with Crippen molar-refractivity contribution in [1.29, 1.82) is 0 Å². The third-order valence-corrected chi connectivity index (χ3v) is 12.2. The Hall–Kier alpha value is -8.28. The van der Waals surface area contributed by atoms with Crippen LogP contribution in [0.5, 0.6) is 11.5 Å². The van der Waals surface area contributed by atoms with Gasteiger partial charge < -0.3 is 23.4 Å².